The second kappa shape index (κ2) is 9.37. The van der Waals surface area contributed by atoms with Crippen LogP contribution in [-0.2, 0) is 4.79 Å². The summed E-state index contributed by atoms with van der Waals surface area (Å²) in [5.41, 5.74) is 1.09. The molecule has 2 amide bonds. The van der Waals surface area contributed by atoms with Gasteiger partial charge in [-0.3, -0.25) is 9.59 Å². The number of methoxy groups -OCH3 is 1. The number of para-hydroxylation sites is 2. The molecule has 152 valence electrons. The average molecular weight is 478 g/mol. The SMILES string of the molecule is CCOc1cc(OCC)c(/C=C2\SC(=O)N(c3ccccc3OC)C2=O)cc1Br. The van der Waals surface area contributed by atoms with Crippen LogP contribution in [0.25, 0.3) is 6.08 Å². The molecule has 6 nitrogen and oxygen atoms in total. The molecule has 1 saturated heterocycles. The quantitative estimate of drug-likeness (QED) is 0.490. The molecule has 1 heterocycles. The van der Waals surface area contributed by atoms with Gasteiger partial charge in [0, 0.05) is 11.6 Å². The second-order valence-corrected chi connectivity index (χ2v) is 7.72. The lowest BCUT2D eigenvalue weighted by Gasteiger charge is -2.16. The number of rotatable bonds is 7. The molecule has 1 aliphatic rings. The number of anilines is 1. The van der Waals surface area contributed by atoms with Crippen molar-refractivity contribution < 1.29 is 23.8 Å². The zero-order valence-corrected chi connectivity index (χ0v) is 18.6. The topological polar surface area (TPSA) is 65.1 Å². The van der Waals surface area contributed by atoms with E-state index >= 15 is 0 Å². The number of imide groups is 1. The van der Waals surface area contributed by atoms with E-state index in [1.165, 1.54) is 7.11 Å². The fourth-order valence-electron chi connectivity index (χ4n) is 2.84. The molecular formula is C21H20BrNO5S. The summed E-state index contributed by atoms with van der Waals surface area (Å²) in [5, 5.41) is -0.381. The number of amides is 2. The van der Waals surface area contributed by atoms with E-state index in [4.69, 9.17) is 14.2 Å². The van der Waals surface area contributed by atoms with Gasteiger partial charge in [0.25, 0.3) is 11.1 Å². The zero-order valence-electron chi connectivity index (χ0n) is 16.2. The third-order valence-corrected chi connectivity index (χ3v) is 5.56. The maximum atomic E-state index is 13.0. The van der Waals surface area contributed by atoms with Crippen molar-refractivity contribution in [1.82, 2.24) is 0 Å². The van der Waals surface area contributed by atoms with Crippen molar-refractivity contribution in [3.05, 3.63) is 51.3 Å². The molecule has 2 aromatic carbocycles. The monoisotopic (exact) mass is 477 g/mol. The second-order valence-electron chi connectivity index (χ2n) is 5.88. The number of carbonyl (C=O) groups is 2. The molecule has 1 aliphatic heterocycles. The van der Waals surface area contributed by atoms with Gasteiger partial charge in [0.2, 0.25) is 0 Å². The highest BCUT2D eigenvalue weighted by Crippen LogP contribution is 2.41. The van der Waals surface area contributed by atoms with Gasteiger partial charge >= 0.3 is 0 Å². The maximum absolute atomic E-state index is 13.0. The van der Waals surface area contributed by atoms with Gasteiger partial charge in [0.15, 0.2) is 0 Å². The van der Waals surface area contributed by atoms with Gasteiger partial charge in [0.05, 0.1) is 35.4 Å². The Morgan fingerprint density at radius 2 is 1.72 bits per heavy atom. The molecule has 0 bridgehead atoms. The van der Waals surface area contributed by atoms with Crippen LogP contribution in [0.4, 0.5) is 10.5 Å². The average Bonchev–Trinajstić information content (AvgIpc) is 2.98. The van der Waals surface area contributed by atoms with Gasteiger partial charge in [-0.25, -0.2) is 4.90 Å². The van der Waals surface area contributed by atoms with Crippen LogP contribution >= 0.6 is 27.7 Å². The van der Waals surface area contributed by atoms with Crippen LogP contribution in [0.1, 0.15) is 19.4 Å². The number of halogens is 1. The van der Waals surface area contributed by atoms with Crippen LogP contribution in [0.3, 0.4) is 0 Å². The molecule has 0 radical (unpaired) electrons. The summed E-state index contributed by atoms with van der Waals surface area (Å²) in [5.74, 6) is 1.27. The Morgan fingerprint density at radius 3 is 2.41 bits per heavy atom. The molecule has 0 N–H and O–H groups in total. The molecule has 0 atom stereocenters. The summed E-state index contributed by atoms with van der Waals surface area (Å²) < 4.78 is 17.3. The van der Waals surface area contributed by atoms with Crippen molar-refractivity contribution in [2.24, 2.45) is 0 Å². The molecule has 1 fully saturated rings. The predicted octanol–water partition coefficient (Wildman–Crippen LogP) is 5.50. The highest BCUT2D eigenvalue weighted by atomic mass is 79.9. The van der Waals surface area contributed by atoms with E-state index in [1.54, 1.807) is 36.4 Å². The number of hydrogen-bond donors (Lipinski definition) is 0. The summed E-state index contributed by atoms with van der Waals surface area (Å²) in [6.07, 6.45) is 1.66. The van der Waals surface area contributed by atoms with Crippen molar-refractivity contribution >= 4 is 50.6 Å². The molecule has 3 rings (SSSR count). The van der Waals surface area contributed by atoms with E-state index < -0.39 is 5.91 Å². The number of carbonyl (C=O) groups excluding carboxylic acids is 2. The molecule has 2 aromatic rings. The lowest BCUT2D eigenvalue weighted by molar-refractivity contribution is -0.113. The molecule has 0 spiro atoms. The van der Waals surface area contributed by atoms with Crippen LogP contribution in [0.2, 0.25) is 0 Å². The fourth-order valence-corrected chi connectivity index (χ4v) is 4.14. The Bertz CT molecular complexity index is 976. The fraction of sp³-hybridized carbons (Fsp3) is 0.238. The molecule has 0 unspecified atom stereocenters. The number of hydrogen-bond acceptors (Lipinski definition) is 6. The first kappa shape index (κ1) is 21.3. The van der Waals surface area contributed by atoms with E-state index in [2.05, 4.69) is 15.9 Å². The van der Waals surface area contributed by atoms with Crippen molar-refractivity contribution in [3.63, 3.8) is 0 Å². The summed E-state index contributed by atoms with van der Waals surface area (Å²) >= 11 is 4.36. The van der Waals surface area contributed by atoms with Crippen molar-refractivity contribution in [3.8, 4) is 17.2 Å². The van der Waals surface area contributed by atoms with Gasteiger partial charge in [-0.1, -0.05) is 12.1 Å². The van der Waals surface area contributed by atoms with Crippen molar-refractivity contribution in [2.75, 3.05) is 25.2 Å². The normalized spacial score (nSPS) is 15.2. The molecule has 0 aromatic heterocycles. The first-order valence-electron chi connectivity index (χ1n) is 9.00. The summed E-state index contributed by atoms with van der Waals surface area (Å²) in [4.78, 5) is 27.0. The molecule has 0 aliphatic carbocycles. The Hall–Kier alpha value is -2.45. The largest absolute Gasteiger partial charge is 0.495 e. The Labute approximate surface area is 181 Å². The van der Waals surface area contributed by atoms with E-state index in [-0.39, 0.29) is 5.24 Å². The van der Waals surface area contributed by atoms with Gasteiger partial charge < -0.3 is 14.2 Å². The van der Waals surface area contributed by atoms with Gasteiger partial charge in [0.1, 0.15) is 17.2 Å². The number of benzene rings is 2. The van der Waals surface area contributed by atoms with Crippen LogP contribution in [0.15, 0.2) is 45.8 Å². The summed E-state index contributed by atoms with van der Waals surface area (Å²) in [6.45, 7) is 4.74. The predicted molar refractivity (Wildman–Crippen MR) is 118 cm³/mol. The van der Waals surface area contributed by atoms with Gasteiger partial charge in [-0.2, -0.15) is 0 Å². The lowest BCUT2D eigenvalue weighted by Crippen LogP contribution is -2.28. The van der Waals surface area contributed by atoms with Crippen LogP contribution in [-0.4, -0.2) is 31.5 Å². The first-order chi connectivity index (χ1) is 14.0. The highest BCUT2D eigenvalue weighted by molar-refractivity contribution is 9.10. The smallest absolute Gasteiger partial charge is 0.298 e. The first-order valence-corrected chi connectivity index (χ1v) is 10.6. The zero-order chi connectivity index (χ0) is 21.0. The molecular weight excluding hydrogens is 458 g/mol. The molecule has 0 saturated carbocycles. The molecule has 29 heavy (non-hydrogen) atoms. The van der Waals surface area contributed by atoms with E-state index in [9.17, 15) is 9.59 Å². The van der Waals surface area contributed by atoms with Gasteiger partial charge in [-0.05, 0) is 65.8 Å². The maximum Gasteiger partial charge on any atom is 0.298 e. The standard InChI is InChI=1S/C21H20BrNO5S/c1-4-27-17-12-18(28-5-2)14(22)10-13(17)11-19-20(24)23(21(25)29-19)15-8-6-7-9-16(15)26-3/h6-12H,4-5H2,1-3H3/b19-11-. The Morgan fingerprint density at radius 1 is 1.03 bits per heavy atom. The van der Waals surface area contributed by atoms with Crippen molar-refractivity contribution in [2.45, 2.75) is 13.8 Å². The van der Waals surface area contributed by atoms with Crippen LogP contribution in [0.5, 0.6) is 17.2 Å². The van der Waals surface area contributed by atoms with E-state index in [0.717, 1.165) is 21.1 Å². The Kier molecular flexibility index (Phi) is 6.87. The third kappa shape index (κ3) is 4.43. The minimum absolute atomic E-state index is 0.304. The minimum Gasteiger partial charge on any atom is -0.495 e. The third-order valence-electron chi connectivity index (χ3n) is 4.07. The number of nitrogens with zero attached hydrogens (tertiary/aromatic N) is 1. The highest BCUT2D eigenvalue weighted by Gasteiger charge is 2.37. The number of ether oxygens (including phenoxy) is 3. The summed E-state index contributed by atoms with van der Waals surface area (Å²) in [6, 6.07) is 10.5. The lowest BCUT2D eigenvalue weighted by atomic mass is 10.1. The number of thioether (sulfide) groups is 1. The van der Waals surface area contributed by atoms with Gasteiger partial charge in [-0.15, -0.1) is 0 Å². The van der Waals surface area contributed by atoms with Crippen LogP contribution < -0.4 is 19.1 Å². The Balaban J connectivity index is 2.00. The minimum atomic E-state index is -0.406. The summed E-state index contributed by atoms with van der Waals surface area (Å²) in [7, 11) is 1.50. The molecule has 8 heteroatoms. The van der Waals surface area contributed by atoms with Crippen molar-refractivity contribution in [1.29, 1.82) is 0 Å². The van der Waals surface area contributed by atoms with Crippen LogP contribution in [0, 0.1) is 0 Å². The van der Waals surface area contributed by atoms with E-state index in [1.807, 2.05) is 19.9 Å². The van der Waals surface area contributed by atoms with E-state index in [0.29, 0.717) is 46.6 Å².